The fraction of sp³-hybridized carbons (Fsp3) is 0.333. The van der Waals surface area contributed by atoms with Crippen LogP contribution in [0.1, 0.15) is 31.3 Å². The van der Waals surface area contributed by atoms with E-state index in [1.165, 1.54) is 10.9 Å². The van der Waals surface area contributed by atoms with E-state index in [4.69, 9.17) is 4.74 Å². The minimum atomic E-state index is 0.364. The molecule has 2 aromatic carbocycles. The second kappa shape index (κ2) is 6.79. The van der Waals surface area contributed by atoms with Crippen molar-refractivity contribution in [3.63, 3.8) is 0 Å². The van der Waals surface area contributed by atoms with Crippen LogP contribution in [0, 0.1) is 0 Å². The van der Waals surface area contributed by atoms with E-state index in [1.807, 2.05) is 12.1 Å². The second-order valence-electron chi connectivity index (χ2n) is 5.82. The number of methoxy groups -OCH3 is 1. The van der Waals surface area contributed by atoms with Crippen LogP contribution >= 0.6 is 0 Å². The summed E-state index contributed by atoms with van der Waals surface area (Å²) >= 11 is 0. The van der Waals surface area contributed by atoms with Crippen LogP contribution in [0.15, 0.2) is 42.7 Å². The lowest BCUT2D eigenvalue weighted by molar-refractivity contribution is 0.419. The number of aromatic nitrogens is 3. The molecule has 3 aromatic rings. The molecule has 1 aromatic heterocycles. The van der Waals surface area contributed by atoms with Crippen LogP contribution in [0.3, 0.4) is 0 Å². The largest absolute Gasteiger partial charge is 0.496 e. The van der Waals surface area contributed by atoms with Crippen molar-refractivity contribution in [2.24, 2.45) is 0 Å². The summed E-state index contributed by atoms with van der Waals surface area (Å²) in [6.45, 7) is 5.72. The van der Waals surface area contributed by atoms with Crippen molar-refractivity contribution in [1.29, 1.82) is 0 Å². The summed E-state index contributed by atoms with van der Waals surface area (Å²) in [6.07, 6.45) is 1.78. The first-order valence-electron chi connectivity index (χ1n) is 7.84. The quantitative estimate of drug-likeness (QED) is 0.759. The molecule has 0 unspecified atom stereocenters. The van der Waals surface area contributed by atoms with Gasteiger partial charge in [-0.15, -0.1) is 10.2 Å². The Kier molecular flexibility index (Phi) is 4.57. The first-order chi connectivity index (χ1) is 11.2. The summed E-state index contributed by atoms with van der Waals surface area (Å²) in [6, 6.07) is 12.8. The van der Waals surface area contributed by atoms with Crippen LogP contribution in [0.25, 0.3) is 10.8 Å². The highest BCUT2D eigenvalue weighted by atomic mass is 16.5. The molecule has 23 heavy (non-hydrogen) atoms. The maximum atomic E-state index is 5.45. The van der Waals surface area contributed by atoms with Crippen molar-refractivity contribution in [1.82, 2.24) is 20.1 Å². The molecule has 0 saturated heterocycles. The summed E-state index contributed by atoms with van der Waals surface area (Å²) < 4.78 is 7.53. The van der Waals surface area contributed by atoms with Crippen molar-refractivity contribution in [3.8, 4) is 5.75 Å². The molecular weight excluding hydrogens is 288 g/mol. The van der Waals surface area contributed by atoms with Crippen molar-refractivity contribution >= 4 is 10.8 Å². The predicted molar refractivity (Wildman–Crippen MR) is 91.5 cm³/mol. The van der Waals surface area contributed by atoms with Crippen LogP contribution < -0.4 is 10.1 Å². The maximum absolute atomic E-state index is 5.45. The number of rotatable bonds is 6. The van der Waals surface area contributed by atoms with Gasteiger partial charge in [-0.25, -0.2) is 0 Å². The van der Waals surface area contributed by atoms with Gasteiger partial charge in [0.05, 0.1) is 13.7 Å². The molecule has 0 fully saturated rings. The normalized spacial score (nSPS) is 11.3. The lowest BCUT2D eigenvalue weighted by Gasteiger charge is -2.13. The number of hydrogen-bond donors (Lipinski definition) is 1. The van der Waals surface area contributed by atoms with E-state index in [1.54, 1.807) is 13.4 Å². The molecule has 0 aliphatic carbocycles. The molecule has 0 bridgehead atoms. The highest BCUT2D eigenvalue weighted by Crippen LogP contribution is 2.28. The number of nitrogens with one attached hydrogen (secondary N) is 1. The summed E-state index contributed by atoms with van der Waals surface area (Å²) in [4.78, 5) is 0. The molecule has 0 amide bonds. The van der Waals surface area contributed by atoms with Crippen molar-refractivity contribution < 1.29 is 4.74 Å². The molecule has 1 heterocycles. The Morgan fingerprint density at radius 1 is 1.09 bits per heavy atom. The predicted octanol–water partition coefficient (Wildman–Crippen LogP) is 3.31. The van der Waals surface area contributed by atoms with Gasteiger partial charge in [-0.2, -0.15) is 0 Å². The van der Waals surface area contributed by atoms with Gasteiger partial charge in [0, 0.05) is 18.0 Å². The van der Waals surface area contributed by atoms with E-state index in [2.05, 4.69) is 58.2 Å². The third-order valence-corrected chi connectivity index (χ3v) is 4.00. The van der Waals surface area contributed by atoms with E-state index >= 15 is 0 Å². The van der Waals surface area contributed by atoms with Gasteiger partial charge in [0.1, 0.15) is 17.9 Å². The highest BCUT2D eigenvalue weighted by Gasteiger charge is 2.08. The van der Waals surface area contributed by atoms with Crippen LogP contribution in [0.4, 0.5) is 0 Å². The second-order valence-corrected chi connectivity index (χ2v) is 5.82. The summed E-state index contributed by atoms with van der Waals surface area (Å²) in [5.41, 5.74) is 1.25. The molecule has 0 saturated carbocycles. The molecular formula is C18H22N4O. The summed E-state index contributed by atoms with van der Waals surface area (Å²) in [7, 11) is 1.71. The zero-order valence-electron chi connectivity index (χ0n) is 13.8. The van der Waals surface area contributed by atoms with E-state index in [-0.39, 0.29) is 0 Å². The zero-order chi connectivity index (χ0) is 16.2. The van der Waals surface area contributed by atoms with Gasteiger partial charge in [0.25, 0.3) is 0 Å². The van der Waals surface area contributed by atoms with Crippen molar-refractivity contribution in [2.45, 2.75) is 33.0 Å². The Balaban J connectivity index is 1.76. The van der Waals surface area contributed by atoms with Gasteiger partial charge in [0.2, 0.25) is 0 Å². The van der Waals surface area contributed by atoms with Crippen LogP contribution in [-0.4, -0.2) is 21.9 Å². The minimum Gasteiger partial charge on any atom is -0.496 e. The average Bonchev–Trinajstić information content (AvgIpc) is 3.04. The van der Waals surface area contributed by atoms with Crippen LogP contribution in [0.5, 0.6) is 5.75 Å². The lowest BCUT2D eigenvalue weighted by atomic mass is 10.0. The minimum absolute atomic E-state index is 0.364. The van der Waals surface area contributed by atoms with Crippen LogP contribution in [0.2, 0.25) is 0 Å². The zero-order valence-corrected chi connectivity index (χ0v) is 13.8. The van der Waals surface area contributed by atoms with Gasteiger partial charge in [-0.05, 0) is 30.9 Å². The molecule has 0 atom stereocenters. The van der Waals surface area contributed by atoms with Gasteiger partial charge < -0.3 is 14.6 Å². The monoisotopic (exact) mass is 310 g/mol. The fourth-order valence-electron chi connectivity index (χ4n) is 2.80. The smallest absolute Gasteiger partial charge is 0.147 e. The molecule has 5 heteroatoms. The van der Waals surface area contributed by atoms with Gasteiger partial charge in [-0.3, -0.25) is 0 Å². The summed E-state index contributed by atoms with van der Waals surface area (Å²) in [5, 5.41) is 14.0. The SMILES string of the molecule is COc1ccc(CNCc2nncn2C(C)C)c2ccccc12. The summed E-state index contributed by atoms with van der Waals surface area (Å²) in [5.74, 6) is 1.86. The van der Waals surface area contributed by atoms with E-state index in [9.17, 15) is 0 Å². The molecule has 0 radical (unpaired) electrons. The standard InChI is InChI=1S/C18H22N4O/c1-13(2)22-12-20-21-18(22)11-19-10-14-8-9-17(23-3)16-7-5-4-6-15(14)16/h4-9,12-13,19H,10-11H2,1-3H3. The first kappa shape index (κ1) is 15.5. The molecule has 0 aliphatic heterocycles. The number of fused-ring (bicyclic) bond motifs is 1. The van der Waals surface area contributed by atoms with E-state index in [0.29, 0.717) is 12.6 Å². The van der Waals surface area contributed by atoms with E-state index < -0.39 is 0 Å². The van der Waals surface area contributed by atoms with Crippen molar-refractivity contribution in [3.05, 3.63) is 54.1 Å². The molecule has 0 aliphatic rings. The fourth-order valence-corrected chi connectivity index (χ4v) is 2.80. The molecule has 5 nitrogen and oxygen atoms in total. The first-order valence-corrected chi connectivity index (χ1v) is 7.84. The Labute approximate surface area is 136 Å². The topological polar surface area (TPSA) is 52.0 Å². The number of ether oxygens (including phenoxy) is 1. The lowest BCUT2D eigenvalue weighted by Crippen LogP contribution is -2.17. The maximum Gasteiger partial charge on any atom is 0.147 e. The molecule has 3 rings (SSSR count). The molecule has 120 valence electrons. The van der Waals surface area contributed by atoms with Gasteiger partial charge in [-0.1, -0.05) is 30.3 Å². The number of hydrogen-bond acceptors (Lipinski definition) is 4. The molecule has 0 spiro atoms. The Morgan fingerprint density at radius 3 is 2.61 bits per heavy atom. The third-order valence-electron chi connectivity index (χ3n) is 4.00. The number of nitrogens with zero attached hydrogens (tertiary/aromatic N) is 3. The van der Waals surface area contributed by atoms with Crippen molar-refractivity contribution in [2.75, 3.05) is 7.11 Å². The van der Waals surface area contributed by atoms with Gasteiger partial charge in [0.15, 0.2) is 0 Å². The Morgan fingerprint density at radius 2 is 1.87 bits per heavy atom. The van der Waals surface area contributed by atoms with Crippen LogP contribution in [-0.2, 0) is 13.1 Å². The Bertz CT molecular complexity index is 795. The highest BCUT2D eigenvalue weighted by molar-refractivity contribution is 5.91. The van der Waals surface area contributed by atoms with Gasteiger partial charge >= 0.3 is 0 Å². The Hall–Kier alpha value is -2.40. The third kappa shape index (κ3) is 3.19. The molecule has 1 N–H and O–H groups in total. The average molecular weight is 310 g/mol. The van der Waals surface area contributed by atoms with E-state index in [0.717, 1.165) is 23.5 Å². The number of benzene rings is 2.